The van der Waals surface area contributed by atoms with Crippen LogP contribution < -0.4 is 5.32 Å². The quantitative estimate of drug-likeness (QED) is 0.421. The molecule has 0 radical (unpaired) electrons. The van der Waals surface area contributed by atoms with Crippen molar-refractivity contribution in [1.82, 2.24) is 10.4 Å². The zero-order valence-corrected chi connectivity index (χ0v) is 17.2. The Labute approximate surface area is 167 Å². The summed E-state index contributed by atoms with van der Waals surface area (Å²) in [5.41, 5.74) is 0.271. The van der Waals surface area contributed by atoms with Crippen molar-refractivity contribution >= 4 is 18.3 Å². The molecule has 0 aromatic heterocycles. The Kier molecular flexibility index (Phi) is 9.65. The first-order valence-electron chi connectivity index (χ1n) is 9.61. The average molecular weight is 392 g/mol. The zero-order valence-electron chi connectivity index (χ0n) is 17.2. The van der Waals surface area contributed by atoms with E-state index in [-0.39, 0.29) is 19.1 Å². The number of hydrogen-bond acceptors (Lipinski definition) is 4. The Morgan fingerprint density at radius 2 is 1.89 bits per heavy atom. The summed E-state index contributed by atoms with van der Waals surface area (Å²) in [4.78, 5) is 41.3. The van der Waals surface area contributed by atoms with E-state index in [9.17, 15) is 19.5 Å². The van der Waals surface area contributed by atoms with Gasteiger partial charge < -0.3 is 10.4 Å². The number of hydroxylamine groups is 2. The summed E-state index contributed by atoms with van der Waals surface area (Å²) >= 11 is 0. The molecule has 156 valence electrons. The molecule has 2 unspecified atom stereocenters. The molecular weight excluding hydrogens is 360 g/mol. The normalized spacial score (nSPS) is 13.4. The SMILES string of the molecule is CCCCC(CN(C=O)OCc1ccccc1)C(=O)NC(C(=O)O)C(C)(C)C. The average Bonchev–Trinajstić information content (AvgIpc) is 2.65. The second kappa shape index (κ2) is 11.4. The number of unbranched alkanes of at least 4 members (excludes halogenated alkanes) is 1. The van der Waals surface area contributed by atoms with Gasteiger partial charge in [0.2, 0.25) is 12.3 Å². The van der Waals surface area contributed by atoms with Gasteiger partial charge >= 0.3 is 5.97 Å². The minimum absolute atomic E-state index is 0.0681. The van der Waals surface area contributed by atoms with E-state index in [1.54, 1.807) is 20.8 Å². The van der Waals surface area contributed by atoms with E-state index in [0.717, 1.165) is 23.5 Å². The summed E-state index contributed by atoms with van der Waals surface area (Å²) in [6.07, 6.45) is 2.76. The van der Waals surface area contributed by atoms with E-state index in [4.69, 9.17) is 4.84 Å². The van der Waals surface area contributed by atoms with Gasteiger partial charge in [-0.05, 0) is 17.4 Å². The largest absolute Gasteiger partial charge is 0.480 e. The predicted octanol–water partition coefficient (Wildman–Crippen LogP) is 3.00. The molecule has 0 fully saturated rings. The molecule has 0 aliphatic carbocycles. The summed E-state index contributed by atoms with van der Waals surface area (Å²) in [5.74, 6) is -2.02. The highest BCUT2D eigenvalue weighted by molar-refractivity contribution is 5.85. The van der Waals surface area contributed by atoms with Crippen LogP contribution >= 0.6 is 0 Å². The number of aliphatic carboxylic acids is 1. The number of benzene rings is 1. The second-order valence-electron chi connectivity index (χ2n) is 7.95. The van der Waals surface area contributed by atoms with Crippen LogP contribution in [0.25, 0.3) is 0 Å². The van der Waals surface area contributed by atoms with Crippen molar-refractivity contribution in [3.05, 3.63) is 35.9 Å². The van der Waals surface area contributed by atoms with E-state index in [0.29, 0.717) is 12.8 Å². The van der Waals surface area contributed by atoms with Crippen molar-refractivity contribution in [3.63, 3.8) is 0 Å². The van der Waals surface area contributed by atoms with Crippen molar-refractivity contribution in [1.29, 1.82) is 0 Å². The monoisotopic (exact) mass is 392 g/mol. The number of nitrogens with one attached hydrogen (secondary N) is 1. The third-order valence-corrected chi connectivity index (χ3v) is 4.43. The third kappa shape index (κ3) is 8.08. The smallest absolute Gasteiger partial charge is 0.326 e. The Bertz CT molecular complexity index is 627. The van der Waals surface area contributed by atoms with Crippen LogP contribution in [0, 0.1) is 11.3 Å². The topological polar surface area (TPSA) is 95.9 Å². The summed E-state index contributed by atoms with van der Waals surface area (Å²) in [5, 5.41) is 13.2. The van der Waals surface area contributed by atoms with Crippen LogP contribution in [0.3, 0.4) is 0 Å². The van der Waals surface area contributed by atoms with Gasteiger partial charge in [0, 0.05) is 0 Å². The number of hydrogen-bond donors (Lipinski definition) is 2. The van der Waals surface area contributed by atoms with E-state index < -0.39 is 23.3 Å². The molecule has 7 nitrogen and oxygen atoms in total. The Hall–Kier alpha value is -2.41. The van der Waals surface area contributed by atoms with Crippen molar-refractivity contribution < 1.29 is 24.3 Å². The van der Waals surface area contributed by atoms with Crippen molar-refractivity contribution in [3.8, 4) is 0 Å². The number of rotatable bonds is 12. The first-order valence-corrected chi connectivity index (χ1v) is 9.61. The molecular formula is C21H32N2O5. The Balaban J connectivity index is 2.79. The fraction of sp³-hybridized carbons (Fsp3) is 0.571. The Morgan fingerprint density at radius 3 is 2.39 bits per heavy atom. The molecule has 2 N–H and O–H groups in total. The maximum Gasteiger partial charge on any atom is 0.326 e. The molecule has 0 saturated heterocycles. The van der Waals surface area contributed by atoms with E-state index in [2.05, 4.69) is 5.32 Å². The molecule has 1 aromatic rings. The number of nitrogens with zero attached hydrogens (tertiary/aromatic N) is 1. The lowest BCUT2D eigenvalue weighted by Gasteiger charge is -2.30. The summed E-state index contributed by atoms with van der Waals surface area (Å²) in [6.45, 7) is 7.56. The molecule has 28 heavy (non-hydrogen) atoms. The maximum atomic E-state index is 12.8. The molecule has 0 aliphatic heterocycles. The van der Waals surface area contributed by atoms with Gasteiger partial charge in [0.05, 0.1) is 12.5 Å². The van der Waals surface area contributed by atoms with Crippen molar-refractivity contribution in [2.75, 3.05) is 6.54 Å². The molecule has 0 saturated carbocycles. The molecule has 7 heteroatoms. The lowest BCUT2D eigenvalue weighted by atomic mass is 9.86. The van der Waals surface area contributed by atoms with Crippen LogP contribution in [-0.4, -0.2) is 41.0 Å². The first-order chi connectivity index (χ1) is 13.2. The van der Waals surface area contributed by atoms with Crippen LogP contribution in [0.15, 0.2) is 30.3 Å². The van der Waals surface area contributed by atoms with Crippen LogP contribution in [0.1, 0.15) is 52.5 Å². The lowest BCUT2D eigenvalue weighted by molar-refractivity contribution is -0.182. The summed E-state index contributed by atoms with van der Waals surface area (Å²) in [7, 11) is 0. The zero-order chi connectivity index (χ0) is 21.2. The fourth-order valence-corrected chi connectivity index (χ4v) is 2.74. The second-order valence-corrected chi connectivity index (χ2v) is 7.95. The van der Waals surface area contributed by atoms with Gasteiger partial charge in [-0.1, -0.05) is 70.9 Å². The molecule has 0 spiro atoms. The van der Waals surface area contributed by atoms with Gasteiger partial charge in [0.15, 0.2) is 0 Å². The molecule has 1 rings (SSSR count). The standard InChI is InChI=1S/C21H32N2O5/c1-5-6-12-17(19(25)22-18(20(26)27)21(2,3)4)13-23(15-24)28-14-16-10-8-7-9-11-16/h7-11,15,17-18H,5-6,12-14H2,1-4H3,(H,22,25)(H,26,27). The Morgan fingerprint density at radius 1 is 1.25 bits per heavy atom. The maximum absolute atomic E-state index is 12.8. The number of carbonyl (C=O) groups excluding carboxylic acids is 2. The first kappa shape index (κ1) is 23.6. The lowest BCUT2D eigenvalue weighted by Crippen LogP contribution is -2.52. The fourth-order valence-electron chi connectivity index (χ4n) is 2.74. The highest BCUT2D eigenvalue weighted by Gasteiger charge is 2.34. The van der Waals surface area contributed by atoms with Gasteiger partial charge in [0.1, 0.15) is 12.6 Å². The minimum Gasteiger partial charge on any atom is -0.480 e. The summed E-state index contributed by atoms with van der Waals surface area (Å²) < 4.78 is 0. The molecule has 1 aromatic carbocycles. The molecule has 0 heterocycles. The number of amides is 2. The number of carboxylic acids is 1. The van der Waals surface area contributed by atoms with Gasteiger partial charge in [-0.25, -0.2) is 9.86 Å². The van der Waals surface area contributed by atoms with Crippen LogP contribution in [0.5, 0.6) is 0 Å². The minimum atomic E-state index is -1.08. The molecule has 0 bridgehead atoms. The molecule has 0 aliphatic rings. The number of carboxylic acid groups (broad SMARTS) is 1. The predicted molar refractivity (Wildman–Crippen MR) is 106 cm³/mol. The van der Waals surface area contributed by atoms with Crippen LogP contribution in [-0.2, 0) is 25.8 Å². The molecule has 2 amide bonds. The van der Waals surface area contributed by atoms with Crippen molar-refractivity contribution in [2.24, 2.45) is 11.3 Å². The summed E-state index contributed by atoms with van der Waals surface area (Å²) in [6, 6.07) is 8.38. The highest BCUT2D eigenvalue weighted by Crippen LogP contribution is 2.21. The van der Waals surface area contributed by atoms with Gasteiger partial charge in [-0.3, -0.25) is 14.4 Å². The number of carbonyl (C=O) groups is 3. The van der Waals surface area contributed by atoms with Gasteiger partial charge in [-0.15, -0.1) is 0 Å². The highest BCUT2D eigenvalue weighted by atomic mass is 16.7. The molecule has 2 atom stereocenters. The van der Waals surface area contributed by atoms with Crippen LogP contribution in [0.2, 0.25) is 0 Å². The third-order valence-electron chi connectivity index (χ3n) is 4.43. The van der Waals surface area contributed by atoms with Gasteiger partial charge in [0.25, 0.3) is 0 Å². The van der Waals surface area contributed by atoms with Crippen LogP contribution in [0.4, 0.5) is 0 Å². The van der Waals surface area contributed by atoms with E-state index >= 15 is 0 Å². The van der Waals surface area contributed by atoms with Gasteiger partial charge in [-0.2, -0.15) is 0 Å². The van der Waals surface area contributed by atoms with E-state index in [1.165, 1.54) is 0 Å². The van der Waals surface area contributed by atoms with Crippen molar-refractivity contribution in [2.45, 2.75) is 59.6 Å². The van der Waals surface area contributed by atoms with E-state index in [1.807, 2.05) is 37.3 Å².